The van der Waals surface area contributed by atoms with Gasteiger partial charge in [0.05, 0.1) is 18.3 Å². The Morgan fingerprint density at radius 1 is 1.12 bits per heavy atom. The molecule has 0 bridgehead atoms. The predicted octanol–water partition coefficient (Wildman–Crippen LogP) is 3.54. The first-order valence-corrected chi connectivity index (χ1v) is 11.5. The number of nitrogens with zero attached hydrogens (tertiary/aromatic N) is 4. The summed E-state index contributed by atoms with van der Waals surface area (Å²) in [6, 6.07) is 12.4. The van der Waals surface area contributed by atoms with Gasteiger partial charge in [0.1, 0.15) is 5.65 Å². The zero-order valence-corrected chi connectivity index (χ0v) is 20.2. The predicted molar refractivity (Wildman–Crippen MR) is 131 cm³/mol. The van der Waals surface area contributed by atoms with E-state index in [1.165, 1.54) is 12.8 Å². The Morgan fingerprint density at radius 3 is 2.39 bits per heavy atom. The molecule has 0 saturated carbocycles. The molecule has 3 aromatic rings. The van der Waals surface area contributed by atoms with Crippen LogP contribution in [0.3, 0.4) is 0 Å². The smallest absolute Gasteiger partial charge is 0.337 e. The third-order valence-corrected chi connectivity index (χ3v) is 6.38. The molecule has 1 aromatic carbocycles. The molecule has 1 fully saturated rings. The van der Waals surface area contributed by atoms with Crippen molar-refractivity contribution in [3.8, 4) is 0 Å². The van der Waals surface area contributed by atoms with Crippen LogP contribution in [0.1, 0.15) is 43.6 Å². The van der Waals surface area contributed by atoms with E-state index in [2.05, 4.69) is 51.5 Å². The number of carbonyl (C=O) groups excluding carboxylic acids is 1. The summed E-state index contributed by atoms with van der Waals surface area (Å²) in [6.07, 6.45) is 3.96. The number of aliphatic hydroxyl groups is 1. The molecule has 0 amide bonds. The van der Waals surface area contributed by atoms with Gasteiger partial charge in [0.2, 0.25) is 0 Å². The number of piperazine rings is 1. The molecule has 0 radical (unpaired) electrons. The van der Waals surface area contributed by atoms with Gasteiger partial charge in [-0.05, 0) is 57.5 Å². The van der Waals surface area contributed by atoms with E-state index in [0.29, 0.717) is 30.7 Å². The topological polar surface area (TPSA) is 70.8 Å². The Kier molecular flexibility index (Phi) is 6.45. The molecule has 0 spiro atoms. The lowest BCUT2D eigenvalue weighted by molar-refractivity contribution is 0.00250. The summed E-state index contributed by atoms with van der Waals surface area (Å²) in [4.78, 5) is 21.2. The third kappa shape index (κ3) is 5.04. The van der Waals surface area contributed by atoms with Crippen LogP contribution in [-0.4, -0.2) is 70.0 Å². The molecule has 1 saturated heterocycles. The highest BCUT2D eigenvalue weighted by atomic mass is 16.5. The number of carbonyl (C=O) groups is 1. The highest BCUT2D eigenvalue weighted by Gasteiger charge is 2.33. The first-order chi connectivity index (χ1) is 15.7. The standard InChI is InChI=1S/C26H34N4O3/c1-18-14-29(15-19(2)30(18)17-26(3,4)32)23-10-12-27-24-22(23)11-13-28(24)16-20-6-8-21(9-7-20)25(31)33-5/h6-13,18-19,32H,14-17H2,1-5H3. The van der Waals surface area contributed by atoms with Gasteiger partial charge >= 0.3 is 5.97 Å². The van der Waals surface area contributed by atoms with Gasteiger partial charge in [-0.25, -0.2) is 9.78 Å². The van der Waals surface area contributed by atoms with Crippen LogP contribution in [0.4, 0.5) is 5.69 Å². The fourth-order valence-electron chi connectivity index (χ4n) is 4.85. The number of β-amino-alcohol motifs (C(OH)–C–C–N with tert-alkyl or cyclic N) is 1. The average molecular weight is 451 g/mol. The molecule has 33 heavy (non-hydrogen) atoms. The first-order valence-electron chi connectivity index (χ1n) is 11.5. The van der Waals surface area contributed by atoms with E-state index in [9.17, 15) is 9.90 Å². The largest absolute Gasteiger partial charge is 0.465 e. The fourth-order valence-corrected chi connectivity index (χ4v) is 4.85. The van der Waals surface area contributed by atoms with E-state index in [4.69, 9.17) is 4.74 Å². The molecule has 7 nitrogen and oxygen atoms in total. The van der Waals surface area contributed by atoms with Crippen molar-refractivity contribution in [1.29, 1.82) is 0 Å². The summed E-state index contributed by atoms with van der Waals surface area (Å²) in [5.74, 6) is -0.328. The Balaban J connectivity index is 1.55. The van der Waals surface area contributed by atoms with Crippen molar-refractivity contribution in [2.45, 2.75) is 51.9 Å². The molecule has 2 unspecified atom stereocenters. The molecular formula is C26H34N4O3. The first kappa shape index (κ1) is 23.3. The van der Waals surface area contributed by atoms with E-state index in [0.717, 1.165) is 29.7 Å². The number of methoxy groups -OCH3 is 1. The van der Waals surface area contributed by atoms with Crippen molar-refractivity contribution in [3.63, 3.8) is 0 Å². The summed E-state index contributed by atoms with van der Waals surface area (Å²) >= 11 is 0. The third-order valence-electron chi connectivity index (χ3n) is 6.38. The molecule has 4 rings (SSSR count). The van der Waals surface area contributed by atoms with Gasteiger partial charge in [-0.15, -0.1) is 0 Å². The van der Waals surface area contributed by atoms with Crippen molar-refractivity contribution in [2.24, 2.45) is 0 Å². The van der Waals surface area contributed by atoms with E-state index >= 15 is 0 Å². The molecule has 176 valence electrons. The van der Waals surface area contributed by atoms with Gasteiger partial charge in [-0.3, -0.25) is 4.90 Å². The fraction of sp³-hybridized carbons (Fsp3) is 0.462. The number of aromatic nitrogens is 2. The van der Waals surface area contributed by atoms with Crippen LogP contribution in [0.2, 0.25) is 0 Å². The molecule has 1 aliphatic heterocycles. The summed E-state index contributed by atoms with van der Waals surface area (Å²) in [5, 5.41) is 11.5. The number of benzene rings is 1. The van der Waals surface area contributed by atoms with E-state index in [1.54, 1.807) is 12.1 Å². The lowest BCUT2D eigenvalue weighted by atomic mass is 10.0. The van der Waals surface area contributed by atoms with Crippen LogP contribution >= 0.6 is 0 Å². The highest BCUT2D eigenvalue weighted by molar-refractivity contribution is 5.90. The minimum Gasteiger partial charge on any atom is -0.465 e. The second-order valence-electron chi connectivity index (χ2n) is 9.79. The second-order valence-corrected chi connectivity index (χ2v) is 9.79. The number of hydrogen-bond acceptors (Lipinski definition) is 6. The number of pyridine rings is 1. The van der Waals surface area contributed by atoms with Crippen molar-refractivity contribution in [2.75, 3.05) is 31.6 Å². The Labute approximate surface area is 195 Å². The van der Waals surface area contributed by atoms with E-state index in [-0.39, 0.29) is 5.97 Å². The lowest BCUT2D eigenvalue weighted by Crippen LogP contribution is -2.59. The van der Waals surface area contributed by atoms with Gasteiger partial charge in [-0.1, -0.05) is 12.1 Å². The average Bonchev–Trinajstić information content (AvgIpc) is 3.18. The van der Waals surface area contributed by atoms with Gasteiger partial charge in [0.25, 0.3) is 0 Å². The maximum Gasteiger partial charge on any atom is 0.337 e. The molecule has 2 atom stereocenters. The number of rotatable bonds is 6. The Morgan fingerprint density at radius 2 is 1.79 bits per heavy atom. The minimum atomic E-state index is -0.707. The van der Waals surface area contributed by atoms with Crippen LogP contribution in [0.5, 0.6) is 0 Å². The summed E-state index contributed by atoms with van der Waals surface area (Å²) < 4.78 is 6.92. The summed E-state index contributed by atoms with van der Waals surface area (Å²) in [5.41, 5.74) is 3.08. The molecule has 3 heterocycles. The zero-order chi connectivity index (χ0) is 23.8. The van der Waals surface area contributed by atoms with Gasteiger partial charge in [0, 0.05) is 61.7 Å². The number of hydrogen-bond donors (Lipinski definition) is 1. The molecule has 2 aromatic heterocycles. The molecule has 0 aliphatic carbocycles. The second kappa shape index (κ2) is 9.15. The zero-order valence-electron chi connectivity index (χ0n) is 20.2. The SMILES string of the molecule is COC(=O)c1ccc(Cn2ccc3c(N4CC(C)N(CC(C)(C)O)C(C)C4)ccnc32)cc1. The van der Waals surface area contributed by atoms with E-state index in [1.807, 2.05) is 32.2 Å². The minimum absolute atomic E-state index is 0.328. The molecule has 7 heteroatoms. The lowest BCUT2D eigenvalue weighted by Gasteiger charge is -2.47. The monoisotopic (exact) mass is 450 g/mol. The number of ether oxygens (including phenoxy) is 1. The summed E-state index contributed by atoms with van der Waals surface area (Å²) in [7, 11) is 1.39. The number of fused-ring (bicyclic) bond motifs is 1. The van der Waals surface area contributed by atoms with Crippen LogP contribution < -0.4 is 4.90 Å². The van der Waals surface area contributed by atoms with Crippen molar-refractivity contribution < 1.29 is 14.6 Å². The Bertz CT molecular complexity index is 1100. The maximum atomic E-state index is 11.7. The number of anilines is 1. The van der Waals surface area contributed by atoms with Crippen LogP contribution in [0.25, 0.3) is 11.0 Å². The number of esters is 1. The van der Waals surface area contributed by atoms with Crippen LogP contribution in [0.15, 0.2) is 48.8 Å². The normalized spacial score (nSPS) is 19.8. The van der Waals surface area contributed by atoms with Gasteiger partial charge in [-0.2, -0.15) is 0 Å². The highest BCUT2D eigenvalue weighted by Crippen LogP contribution is 2.30. The van der Waals surface area contributed by atoms with Crippen molar-refractivity contribution in [3.05, 3.63) is 59.9 Å². The summed E-state index contributed by atoms with van der Waals surface area (Å²) in [6.45, 7) is 11.4. The van der Waals surface area contributed by atoms with Gasteiger partial charge in [0.15, 0.2) is 0 Å². The Hall–Kier alpha value is -2.90. The molecule has 1 N–H and O–H groups in total. The maximum absolute atomic E-state index is 11.7. The molecule has 1 aliphatic rings. The van der Waals surface area contributed by atoms with Gasteiger partial charge < -0.3 is 19.3 Å². The van der Waals surface area contributed by atoms with Crippen molar-refractivity contribution >= 4 is 22.7 Å². The molecular weight excluding hydrogens is 416 g/mol. The van der Waals surface area contributed by atoms with E-state index < -0.39 is 5.60 Å². The quantitative estimate of drug-likeness (QED) is 0.580. The van der Waals surface area contributed by atoms with Crippen LogP contribution in [0, 0.1) is 0 Å². The van der Waals surface area contributed by atoms with Crippen LogP contribution in [-0.2, 0) is 11.3 Å². The van der Waals surface area contributed by atoms with Crippen molar-refractivity contribution in [1.82, 2.24) is 14.5 Å².